The highest BCUT2D eigenvalue weighted by atomic mass is 127. The van der Waals surface area contributed by atoms with Gasteiger partial charge in [-0.2, -0.15) is 0 Å². The lowest BCUT2D eigenvalue weighted by Crippen LogP contribution is -3.00. The van der Waals surface area contributed by atoms with E-state index in [4.69, 9.17) is 4.74 Å². The van der Waals surface area contributed by atoms with Crippen LogP contribution in [-0.2, 0) is 12.5 Å². The Labute approximate surface area is 161 Å². The van der Waals surface area contributed by atoms with Crippen LogP contribution >= 0.6 is 0 Å². The molecule has 1 aromatic heterocycles. The molecule has 3 heterocycles. The summed E-state index contributed by atoms with van der Waals surface area (Å²) in [6, 6.07) is 10.7. The standard InChI is InChI=1S/C20H23N2O.HI/c1-14-18-15(11-13-21(14)4)10-12-20(23-18)19(2,3)16-8-6-7-9-17(16)22(20)5;/h6-13H,1-5H3;1H/q+1;/p-1. The number of hydrogen-bond donors (Lipinski definition) is 0. The van der Waals surface area contributed by atoms with Gasteiger partial charge in [-0.3, -0.25) is 0 Å². The van der Waals surface area contributed by atoms with Crippen LogP contribution in [0, 0.1) is 6.92 Å². The fourth-order valence-corrected chi connectivity index (χ4v) is 4.01. The fourth-order valence-electron chi connectivity index (χ4n) is 4.01. The Bertz CT molecular complexity index is 844. The summed E-state index contributed by atoms with van der Waals surface area (Å²) in [6.07, 6.45) is 6.50. The van der Waals surface area contributed by atoms with Crippen molar-refractivity contribution < 1.29 is 33.3 Å². The number of aromatic nitrogens is 1. The summed E-state index contributed by atoms with van der Waals surface area (Å²) >= 11 is 0. The number of nitrogens with zero attached hydrogens (tertiary/aromatic N) is 2. The van der Waals surface area contributed by atoms with Gasteiger partial charge in [0.15, 0.2) is 11.9 Å². The molecule has 1 unspecified atom stereocenters. The minimum absolute atomic E-state index is 0. The molecule has 1 spiro atoms. The normalized spacial score (nSPS) is 22.6. The smallest absolute Gasteiger partial charge is 0.221 e. The van der Waals surface area contributed by atoms with Crippen LogP contribution in [0.15, 0.2) is 42.6 Å². The van der Waals surface area contributed by atoms with Gasteiger partial charge in [-0.15, -0.1) is 0 Å². The zero-order chi connectivity index (χ0) is 16.4. The number of para-hydroxylation sites is 1. The highest BCUT2D eigenvalue weighted by Crippen LogP contribution is 2.54. The Kier molecular flexibility index (Phi) is 3.94. The minimum atomic E-state index is -0.497. The number of benzene rings is 1. The Balaban J connectivity index is 0.00000169. The third-order valence-corrected chi connectivity index (χ3v) is 5.68. The van der Waals surface area contributed by atoms with E-state index in [-0.39, 0.29) is 29.4 Å². The molecule has 3 nitrogen and oxygen atoms in total. The molecule has 2 aromatic rings. The predicted octanol–water partition coefficient (Wildman–Crippen LogP) is 0.353. The Hall–Kier alpha value is -1.56. The third kappa shape index (κ3) is 1.98. The van der Waals surface area contributed by atoms with Crippen molar-refractivity contribution in [2.24, 2.45) is 7.05 Å². The first-order chi connectivity index (χ1) is 10.9. The molecule has 0 saturated carbocycles. The van der Waals surface area contributed by atoms with Crippen LogP contribution < -0.4 is 38.2 Å². The molecule has 0 saturated heterocycles. The second-order valence-electron chi connectivity index (χ2n) is 7.13. The van der Waals surface area contributed by atoms with E-state index < -0.39 is 5.72 Å². The van der Waals surface area contributed by atoms with Crippen molar-refractivity contribution in [3.05, 3.63) is 59.4 Å². The summed E-state index contributed by atoms with van der Waals surface area (Å²) < 4.78 is 8.83. The lowest BCUT2D eigenvalue weighted by molar-refractivity contribution is -0.678. The molecule has 24 heavy (non-hydrogen) atoms. The van der Waals surface area contributed by atoms with Crippen LogP contribution in [0.3, 0.4) is 0 Å². The van der Waals surface area contributed by atoms with Crippen LogP contribution in [0.2, 0.25) is 0 Å². The first kappa shape index (κ1) is 17.3. The van der Waals surface area contributed by atoms with E-state index >= 15 is 0 Å². The molecule has 1 atom stereocenters. The van der Waals surface area contributed by atoms with Crippen LogP contribution in [0.25, 0.3) is 6.08 Å². The van der Waals surface area contributed by atoms with E-state index in [0.29, 0.717) is 0 Å². The van der Waals surface area contributed by atoms with Crippen molar-refractivity contribution in [1.82, 2.24) is 0 Å². The number of fused-ring (bicyclic) bond motifs is 2. The molecule has 0 N–H and O–H groups in total. The van der Waals surface area contributed by atoms with Crippen LogP contribution in [0.4, 0.5) is 5.69 Å². The van der Waals surface area contributed by atoms with Gasteiger partial charge in [0.05, 0.1) is 5.41 Å². The lowest BCUT2D eigenvalue weighted by atomic mass is 9.76. The highest BCUT2D eigenvalue weighted by molar-refractivity contribution is 5.71. The van der Waals surface area contributed by atoms with Gasteiger partial charge in [0.25, 0.3) is 0 Å². The molecular formula is C20H23IN2O. The highest BCUT2D eigenvalue weighted by Gasteiger charge is 2.58. The van der Waals surface area contributed by atoms with Gasteiger partial charge < -0.3 is 33.6 Å². The Morgan fingerprint density at radius 3 is 2.54 bits per heavy atom. The number of rotatable bonds is 0. The second-order valence-corrected chi connectivity index (χ2v) is 7.13. The molecule has 1 aromatic carbocycles. The van der Waals surface area contributed by atoms with Crippen molar-refractivity contribution >= 4 is 11.8 Å². The quantitative estimate of drug-likeness (QED) is 0.440. The number of likely N-dealkylation sites (N-methyl/N-ethyl adjacent to an activating group) is 1. The van der Waals surface area contributed by atoms with Crippen molar-refractivity contribution in [3.8, 4) is 5.75 Å². The monoisotopic (exact) mass is 434 g/mol. The van der Waals surface area contributed by atoms with Gasteiger partial charge >= 0.3 is 0 Å². The number of halogens is 1. The minimum Gasteiger partial charge on any atom is -1.00 e. The fraction of sp³-hybridized carbons (Fsp3) is 0.350. The molecule has 4 heteroatoms. The molecule has 0 radical (unpaired) electrons. The molecule has 2 aliphatic heterocycles. The summed E-state index contributed by atoms with van der Waals surface area (Å²) in [7, 11) is 4.18. The molecule has 2 aliphatic rings. The Morgan fingerprint density at radius 1 is 1.12 bits per heavy atom. The summed E-state index contributed by atoms with van der Waals surface area (Å²) in [4.78, 5) is 2.27. The van der Waals surface area contributed by atoms with E-state index in [1.807, 2.05) is 0 Å². The average molecular weight is 434 g/mol. The number of hydrogen-bond acceptors (Lipinski definition) is 2. The maximum absolute atomic E-state index is 6.72. The summed E-state index contributed by atoms with van der Waals surface area (Å²) in [5, 5.41) is 0. The van der Waals surface area contributed by atoms with E-state index in [1.54, 1.807) is 0 Å². The third-order valence-electron chi connectivity index (χ3n) is 5.68. The first-order valence-electron chi connectivity index (χ1n) is 8.09. The van der Waals surface area contributed by atoms with Crippen molar-refractivity contribution in [1.29, 1.82) is 0 Å². The summed E-state index contributed by atoms with van der Waals surface area (Å²) in [5.41, 5.74) is 4.21. The molecular weight excluding hydrogens is 411 g/mol. The number of ether oxygens (including phenoxy) is 1. The largest absolute Gasteiger partial charge is 1.00 e. The summed E-state index contributed by atoms with van der Waals surface area (Å²) in [5.74, 6) is 0.977. The lowest BCUT2D eigenvalue weighted by Gasteiger charge is -2.45. The molecule has 0 aliphatic carbocycles. The average Bonchev–Trinajstić information content (AvgIpc) is 2.71. The maximum Gasteiger partial charge on any atom is 0.221 e. The number of aryl methyl sites for hydroxylation is 1. The molecule has 4 rings (SSSR count). The first-order valence-corrected chi connectivity index (χ1v) is 8.09. The Morgan fingerprint density at radius 2 is 1.83 bits per heavy atom. The zero-order valence-corrected chi connectivity index (χ0v) is 17.0. The molecule has 0 amide bonds. The van der Waals surface area contributed by atoms with Crippen LogP contribution in [-0.4, -0.2) is 12.8 Å². The molecule has 126 valence electrons. The van der Waals surface area contributed by atoms with Gasteiger partial charge in [-0.05, 0) is 37.6 Å². The van der Waals surface area contributed by atoms with Gasteiger partial charge in [0.1, 0.15) is 7.05 Å². The van der Waals surface area contributed by atoms with E-state index in [1.165, 1.54) is 11.3 Å². The van der Waals surface area contributed by atoms with Crippen molar-refractivity contribution in [3.63, 3.8) is 0 Å². The van der Waals surface area contributed by atoms with Gasteiger partial charge in [-0.25, -0.2) is 4.57 Å². The van der Waals surface area contributed by atoms with Crippen LogP contribution in [0.1, 0.15) is 30.7 Å². The van der Waals surface area contributed by atoms with Crippen molar-refractivity contribution in [2.45, 2.75) is 31.9 Å². The molecule has 0 fully saturated rings. The topological polar surface area (TPSA) is 16.4 Å². The SMILES string of the molecule is Cc1c2c(cc[n+]1C)C=CC1(O2)N(C)c2ccccc2C1(C)C.[I-]. The summed E-state index contributed by atoms with van der Waals surface area (Å²) in [6.45, 7) is 6.65. The van der Waals surface area contributed by atoms with E-state index in [9.17, 15) is 0 Å². The predicted molar refractivity (Wildman–Crippen MR) is 92.6 cm³/mol. The van der Waals surface area contributed by atoms with Gasteiger partial charge in [0, 0.05) is 31.3 Å². The second kappa shape index (κ2) is 5.48. The zero-order valence-electron chi connectivity index (χ0n) is 14.8. The molecule has 0 bridgehead atoms. The number of pyridine rings is 1. The van der Waals surface area contributed by atoms with Gasteiger partial charge in [0.2, 0.25) is 11.4 Å². The van der Waals surface area contributed by atoms with E-state index in [2.05, 4.69) is 93.0 Å². The van der Waals surface area contributed by atoms with Crippen molar-refractivity contribution in [2.75, 3.05) is 11.9 Å². The van der Waals surface area contributed by atoms with Crippen LogP contribution in [0.5, 0.6) is 5.75 Å². The number of anilines is 1. The van der Waals surface area contributed by atoms with Gasteiger partial charge in [-0.1, -0.05) is 18.2 Å². The van der Waals surface area contributed by atoms with E-state index in [0.717, 1.165) is 17.0 Å². The maximum atomic E-state index is 6.72.